The number of hydrogen-bond donors (Lipinski definition) is 2. The van der Waals surface area contributed by atoms with E-state index in [-0.39, 0.29) is 5.91 Å². The lowest BCUT2D eigenvalue weighted by Gasteiger charge is -2.25. The molecular weight excluding hydrogens is 368 g/mol. The van der Waals surface area contributed by atoms with E-state index in [4.69, 9.17) is 10.2 Å². The number of anilines is 2. The summed E-state index contributed by atoms with van der Waals surface area (Å²) in [6, 6.07) is 9.34. The molecule has 0 unspecified atom stereocenters. The number of carbonyl (C=O) groups is 1. The smallest absolute Gasteiger partial charge is 0.228 e. The van der Waals surface area contributed by atoms with Crippen molar-refractivity contribution in [3.05, 3.63) is 47.9 Å². The average Bonchev–Trinajstić information content (AvgIpc) is 2.75. The third-order valence-electron chi connectivity index (χ3n) is 4.65. The topological polar surface area (TPSA) is 120 Å². The van der Waals surface area contributed by atoms with Crippen LogP contribution in [0.2, 0.25) is 0 Å². The van der Waals surface area contributed by atoms with Gasteiger partial charge in [-0.05, 0) is 30.7 Å². The van der Waals surface area contributed by atoms with Gasteiger partial charge in [-0.3, -0.25) is 14.8 Å². The zero-order valence-electron chi connectivity index (χ0n) is 15.8. The van der Waals surface area contributed by atoms with Gasteiger partial charge < -0.3 is 15.5 Å². The maximum absolute atomic E-state index is 11.8. The van der Waals surface area contributed by atoms with E-state index in [1.165, 1.54) is 0 Å². The normalized spacial score (nSPS) is 14.6. The Morgan fingerprint density at radius 1 is 1.21 bits per heavy atom. The molecule has 1 fully saturated rings. The monoisotopic (exact) mass is 388 g/mol. The molecule has 1 amide bonds. The Balaban J connectivity index is 1.61. The maximum Gasteiger partial charge on any atom is 0.228 e. The van der Waals surface area contributed by atoms with Crippen LogP contribution in [0.1, 0.15) is 24.1 Å². The van der Waals surface area contributed by atoms with E-state index >= 15 is 0 Å². The van der Waals surface area contributed by atoms with E-state index < -0.39 is 0 Å². The van der Waals surface area contributed by atoms with Crippen LogP contribution in [0.15, 0.2) is 36.7 Å². The SMILES string of the molecule is N#Cc1ccc(CNc2nc(N3CCCNC(=O)CC3)nc3cccnc23)nc1. The Hall–Kier alpha value is -3.80. The zero-order valence-corrected chi connectivity index (χ0v) is 15.8. The first kappa shape index (κ1) is 18.6. The summed E-state index contributed by atoms with van der Waals surface area (Å²) in [4.78, 5) is 31.9. The van der Waals surface area contributed by atoms with Gasteiger partial charge in [0.05, 0.1) is 23.3 Å². The van der Waals surface area contributed by atoms with Gasteiger partial charge in [0.25, 0.3) is 0 Å². The largest absolute Gasteiger partial charge is 0.362 e. The molecule has 0 saturated carbocycles. The fourth-order valence-corrected chi connectivity index (χ4v) is 3.12. The number of nitrogens with one attached hydrogen (secondary N) is 2. The number of nitrogens with zero attached hydrogens (tertiary/aromatic N) is 6. The van der Waals surface area contributed by atoms with E-state index in [1.807, 2.05) is 17.0 Å². The minimum absolute atomic E-state index is 0.0439. The van der Waals surface area contributed by atoms with Crippen molar-refractivity contribution in [2.24, 2.45) is 0 Å². The van der Waals surface area contributed by atoms with E-state index in [0.717, 1.165) is 24.2 Å². The summed E-state index contributed by atoms with van der Waals surface area (Å²) in [5.74, 6) is 1.24. The number of rotatable bonds is 4. The van der Waals surface area contributed by atoms with Gasteiger partial charge in [-0.1, -0.05) is 0 Å². The second kappa shape index (κ2) is 8.48. The summed E-state index contributed by atoms with van der Waals surface area (Å²) in [6.07, 6.45) is 4.49. The summed E-state index contributed by atoms with van der Waals surface area (Å²) in [5, 5.41) is 15.1. The molecule has 1 aliphatic heterocycles. The lowest BCUT2D eigenvalue weighted by atomic mass is 10.2. The van der Waals surface area contributed by atoms with Gasteiger partial charge >= 0.3 is 0 Å². The third kappa shape index (κ3) is 4.38. The molecule has 4 heterocycles. The minimum Gasteiger partial charge on any atom is -0.362 e. The fraction of sp³-hybridized carbons (Fsp3) is 0.300. The van der Waals surface area contributed by atoms with Crippen molar-refractivity contribution in [3.8, 4) is 6.07 Å². The van der Waals surface area contributed by atoms with Crippen LogP contribution in [0, 0.1) is 11.3 Å². The molecule has 146 valence electrons. The lowest BCUT2D eigenvalue weighted by molar-refractivity contribution is -0.121. The lowest BCUT2D eigenvalue weighted by Crippen LogP contribution is -2.37. The Morgan fingerprint density at radius 2 is 2.14 bits per heavy atom. The van der Waals surface area contributed by atoms with E-state index in [9.17, 15) is 4.79 Å². The predicted octanol–water partition coefficient (Wildman–Crippen LogP) is 1.62. The highest BCUT2D eigenvalue weighted by molar-refractivity contribution is 5.86. The summed E-state index contributed by atoms with van der Waals surface area (Å²) in [5.41, 5.74) is 2.72. The second-order valence-electron chi connectivity index (χ2n) is 6.69. The molecule has 3 aromatic heterocycles. The van der Waals surface area contributed by atoms with Crippen molar-refractivity contribution < 1.29 is 4.79 Å². The number of fused-ring (bicyclic) bond motifs is 1. The molecule has 4 rings (SSSR count). The molecule has 1 saturated heterocycles. The van der Waals surface area contributed by atoms with Gasteiger partial charge in [-0.2, -0.15) is 10.2 Å². The first-order chi connectivity index (χ1) is 14.2. The highest BCUT2D eigenvalue weighted by atomic mass is 16.1. The van der Waals surface area contributed by atoms with Crippen LogP contribution in [-0.2, 0) is 11.3 Å². The van der Waals surface area contributed by atoms with Gasteiger partial charge in [0.15, 0.2) is 5.82 Å². The Morgan fingerprint density at radius 3 is 2.97 bits per heavy atom. The van der Waals surface area contributed by atoms with Crippen LogP contribution in [-0.4, -0.2) is 45.5 Å². The summed E-state index contributed by atoms with van der Waals surface area (Å²) in [7, 11) is 0. The highest BCUT2D eigenvalue weighted by Crippen LogP contribution is 2.22. The fourth-order valence-electron chi connectivity index (χ4n) is 3.12. The molecule has 0 aliphatic carbocycles. The Kier molecular flexibility index (Phi) is 5.42. The van der Waals surface area contributed by atoms with Gasteiger partial charge in [0.1, 0.15) is 11.6 Å². The van der Waals surface area contributed by atoms with Gasteiger partial charge in [0, 0.05) is 38.4 Å². The number of nitriles is 1. The molecule has 9 heteroatoms. The van der Waals surface area contributed by atoms with Gasteiger partial charge in [-0.25, -0.2) is 4.98 Å². The van der Waals surface area contributed by atoms with Crippen LogP contribution < -0.4 is 15.5 Å². The number of carbonyl (C=O) groups excluding carboxylic acids is 1. The number of amides is 1. The summed E-state index contributed by atoms with van der Waals surface area (Å²) in [6.45, 7) is 2.42. The molecule has 9 nitrogen and oxygen atoms in total. The predicted molar refractivity (Wildman–Crippen MR) is 108 cm³/mol. The van der Waals surface area contributed by atoms with Crippen molar-refractivity contribution in [1.29, 1.82) is 5.26 Å². The average molecular weight is 388 g/mol. The molecule has 0 bridgehead atoms. The van der Waals surface area contributed by atoms with Crippen LogP contribution in [0.5, 0.6) is 0 Å². The summed E-state index contributed by atoms with van der Waals surface area (Å²) < 4.78 is 0. The molecule has 3 aromatic rings. The standard InChI is InChI=1S/C20H20N8O/c21-11-14-4-5-15(24-12-14)13-25-19-18-16(3-1-7-23-18)26-20(27-19)28-9-2-8-22-17(29)6-10-28/h1,3-5,7,12H,2,6,8-10,13H2,(H,22,29)(H,25,26,27). The molecule has 2 N–H and O–H groups in total. The Bertz CT molecular complexity index is 1060. The molecule has 0 atom stereocenters. The van der Waals surface area contributed by atoms with E-state index in [2.05, 4.69) is 31.7 Å². The van der Waals surface area contributed by atoms with Crippen molar-refractivity contribution >= 4 is 28.7 Å². The molecule has 0 aromatic carbocycles. The van der Waals surface area contributed by atoms with E-state index in [1.54, 1.807) is 24.5 Å². The maximum atomic E-state index is 11.8. The van der Waals surface area contributed by atoms with Gasteiger partial charge in [0.2, 0.25) is 11.9 Å². The molecule has 1 aliphatic rings. The first-order valence-corrected chi connectivity index (χ1v) is 9.46. The van der Waals surface area contributed by atoms with Crippen LogP contribution in [0.3, 0.4) is 0 Å². The van der Waals surface area contributed by atoms with Crippen molar-refractivity contribution in [3.63, 3.8) is 0 Å². The van der Waals surface area contributed by atoms with Crippen molar-refractivity contribution in [1.82, 2.24) is 25.3 Å². The number of pyridine rings is 2. The zero-order chi connectivity index (χ0) is 20.1. The second-order valence-corrected chi connectivity index (χ2v) is 6.69. The molecule has 29 heavy (non-hydrogen) atoms. The Labute approximate surface area is 167 Å². The first-order valence-electron chi connectivity index (χ1n) is 9.46. The van der Waals surface area contributed by atoms with Crippen molar-refractivity contribution in [2.75, 3.05) is 29.9 Å². The molecule has 0 radical (unpaired) electrons. The highest BCUT2D eigenvalue weighted by Gasteiger charge is 2.17. The van der Waals surface area contributed by atoms with Crippen LogP contribution in [0.25, 0.3) is 11.0 Å². The number of hydrogen-bond acceptors (Lipinski definition) is 8. The molecule has 0 spiro atoms. The quantitative estimate of drug-likeness (QED) is 0.692. The molecular formula is C20H20N8O. The van der Waals surface area contributed by atoms with Crippen LogP contribution in [0.4, 0.5) is 11.8 Å². The van der Waals surface area contributed by atoms with Gasteiger partial charge in [-0.15, -0.1) is 0 Å². The minimum atomic E-state index is 0.0439. The third-order valence-corrected chi connectivity index (χ3v) is 4.65. The van der Waals surface area contributed by atoms with Crippen LogP contribution >= 0.6 is 0 Å². The number of aromatic nitrogens is 4. The van der Waals surface area contributed by atoms with E-state index in [0.29, 0.717) is 48.9 Å². The summed E-state index contributed by atoms with van der Waals surface area (Å²) >= 11 is 0. The van der Waals surface area contributed by atoms with Crippen molar-refractivity contribution in [2.45, 2.75) is 19.4 Å².